The Bertz CT molecular complexity index is 121. The number of Topliss-reactive ketones (excluding diaryl/α,β-unsaturated/α-hetero) is 1. The summed E-state index contributed by atoms with van der Waals surface area (Å²) < 4.78 is 0. The van der Waals surface area contributed by atoms with Crippen molar-refractivity contribution in [3.63, 3.8) is 0 Å². The predicted molar refractivity (Wildman–Crippen MR) is 25.0 cm³/mol. The molecule has 0 amide bonds. The second-order valence-electron chi connectivity index (χ2n) is 1.19. The van der Waals surface area contributed by atoms with Crippen LogP contribution >= 0.6 is 0 Å². The molecule has 0 spiro atoms. The fraction of sp³-hybridized carbons (Fsp3) is 0.667. The molecule has 1 N–H and O–H groups in total. The predicted octanol–water partition coefficient (Wildman–Crippen LogP) is -1.24. The van der Waals surface area contributed by atoms with Crippen molar-refractivity contribution in [1.29, 1.82) is 0 Å². The second kappa shape index (κ2) is 3.79. The Balaban J connectivity index is 3.28. The molecule has 6 heteroatoms. The van der Waals surface area contributed by atoms with Gasteiger partial charge in [0.05, 0.1) is 0 Å². The maximum absolute atomic E-state index is 10.0. The molecule has 0 bridgehead atoms. The lowest BCUT2D eigenvalue weighted by molar-refractivity contribution is -0.754. The first-order valence-corrected chi connectivity index (χ1v) is 2.06. The van der Waals surface area contributed by atoms with Crippen LogP contribution in [0.2, 0.25) is 0 Å². The summed E-state index contributed by atoms with van der Waals surface area (Å²) in [5, 5.41) is 16.3. The number of rotatable bonds is 4. The van der Waals surface area contributed by atoms with Crippen molar-refractivity contribution < 1.29 is 19.8 Å². The van der Waals surface area contributed by atoms with E-state index >= 15 is 0 Å². The smallest absolute Gasteiger partial charge is 0.294 e. The molecule has 0 aliphatic rings. The summed E-state index contributed by atoms with van der Waals surface area (Å²) in [6.45, 7) is -1.41. The fourth-order valence-electron chi connectivity index (χ4n) is 0.170. The number of aliphatic hydroxyl groups excluding tert-OH is 1. The Morgan fingerprint density at radius 2 is 2.33 bits per heavy atom. The van der Waals surface area contributed by atoms with Crippen molar-refractivity contribution in [3.8, 4) is 0 Å². The SMILES string of the molecule is O=C(CO)CO[N+](=O)[O-]. The van der Waals surface area contributed by atoms with Crippen LogP contribution in [0.15, 0.2) is 0 Å². The molecule has 0 aromatic carbocycles. The maximum Gasteiger partial charge on any atom is 0.294 e. The van der Waals surface area contributed by atoms with Crippen LogP contribution in [-0.4, -0.2) is 29.2 Å². The van der Waals surface area contributed by atoms with Crippen LogP contribution in [-0.2, 0) is 9.63 Å². The highest BCUT2D eigenvalue weighted by molar-refractivity contribution is 5.80. The van der Waals surface area contributed by atoms with E-state index in [4.69, 9.17) is 5.11 Å². The normalized spacial score (nSPS) is 8.56. The van der Waals surface area contributed by atoms with Crippen molar-refractivity contribution >= 4 is 5.78 Å². The quantitative estimate of drug-likeness (QED) is 0.384. The van der Waals surface area contributed by atoms with Gasteiger partial charge in [0.2, 0.25) is 0 Å². The third kappa shape index (κ3) is 4.69. The highest BCUT2D eigenvalue weighted by atomic mass is 16.9. The summed E-state index contributed by atoms with van der Waals surface area (Å²) in [5.74, 6) is -0.716. The van der Waals surface area contributed by atoms with Crippen molar-refractivity contribution in [2.75, 3.05) is 13.2 Å². The highest BCUT2D eigenvalue weighted by Crippen LogP contribution is 1.75. The van der Waals surface area contributed by atoms with E-state index < -0.39 is 24.1 Å². The third-order valence-corrected chi connectivity index (χ3v) is 0.507. The minimum atomic E-state index is -1.09. The molecular formula is C3H5NO5. The van der Waals surface area contributed by atoms with Gasteiger partial charge in [-0.05, 0) is 0 Å². The number of ketones is 1. The number of carbonyl (C=O) groups is 1. The van der Waals surface area contributed by atoms with Gasteiger partial charge in [0.25, 0.3) is 5.09 Å². The van der Waals surface area contributed by atoms with E-state index in [2.05, 4.69) is 4.84 Å². The topological polar surface area (TPSA) is 89.7 Å². The summed E-state index contributed by atoms with van der Waals surface area (Å²) in [6, 6.07) is 0. The van der Waals surface area contributed by atoms with Gasteiger partial charge in [-0.25, -0.2) is 0 Å². The molecule has 0 aliphatic carbocycles. The monoisotopic (exact) mass is 135 g/mol. The minimum absolute atomic E-state index is 0.677. The maximum atomic E-state index is 10.0. The standard InChI is InChI=1S/C3H5NO5/c5-1-3(6)2-9-4(7)8/h5H,1-2H2. The summed E-state index contributed by atoms with van der Waals surface area (Å²) >= 11 is 0. The zero-order valence-electron chi connectivity index (χ0n) is 4.44. The van der Waals surface area contributed by atoms with Gasteiger partial charge < -0.3 is 9.94 Å². The third-order valence-electron chi connectivity index (χ3n) is 0.507. The van der Waals surface area contributed by atoms with Crippen LogP contribution in [0.1, 0.15) is 0 Å². The van der Waals surface area contributed by atoms with Gasteiger partial charge in [-0.2, -0.15) is 0 Å². The highest BCUT2D eigenvalue weighted by Gasteiger charge is 2.01. The fourth-order valence-corrected chi connectivity index (χ4v) is 0.170. The Morgan fingerprint density at radius 1 is 1.78 bits per heavy atom. The minimum Gasteiger partial charge on any atom is -0.389 e. The van der Waals surface area contributed by atoms with Crippen molar-refractivity contribution in [2.45, 2.75) is 0 Å². The molecule has 9 heavy (non-hydrogen) atoms. The lowest BCUT2D eigenvalue weighted by atomic mass is 10.5. The lowest BCUT2D eigenvalue weighted by Gasteiger charge is -1.92. The lowest BCUT2D eigenvalue weighted by Crippen LogP contribution is -2.15. The molecule has 0 aromatic rings. The van der Waals surface area contributed by atoms with Crippen LogP contribution in [0.5, 0.6) is 0 Å². The summed E-state index contributed by atoms with van der Waals surface area (Å²) in [7, 11) is 0. The van der Waals surface area contributed by atoms with E-state index in [1.54, 1.807) is 0 Å². The van der Waals surface area contributed by atoms with Crippen molar-refractivity contribution in [3.05, 3.63) is 10.1 Å². The van der Waals surface area contributed by atoms with E-state index in [0.717, 1.165) is 0 Å². The number of nitrogens with zero attached hydrogens (tertiary/aromatic N) is 1. The zero-order chi connectivity index (χ0) is 7.28. The number of aliphatic hydroxyl groups is 1. The second-order valence-corrected chi connectivity index (χ2v) is 1.19. The van der Waals surface area contributed by atoms with Crippen molar-refractivity contribution in [2.24, 2.45) is 0 Å². The van der Waals surface area contributed by atoms with Gasteiger partial charge in [0.1, 0.15) is 6.61 Å². The Kier molecular flexibility index (Phi) is 3.29. The van der Waals surface area contributed by atoms with E-state index in [0.29, 0.717) is 0 Å². The molecule has 52 valence electrons. The first-order valence-electron chi connectivity index (χ1n) is 2.06. The summed E-state index contributed by atoms with van der Waals surface area (Å²) in [5.41, 5.74) is 0. The van der Waals surface area contributed by atoms with Crippen LogP contribution in [0.3, 0.4) is 0 Å². The number of hydrogen-bond donors (Lipinski definition) is 1. The molecule has 0 saturated heterocycles. The molecular weight excluding hydrogens is 130 g/mol. The average molecular weight is 135 g/mol. The summed E-state index contributed by atoms with van der Waals surface area (Å²) in [6.07, 6.45) is 0. The van der Waals surface area contributed by atoms with Crippen LogP contribution < -0.4 is 0 Å². The van der Waals surface area contributed by atoms with Crippen molar-refractivity contribution in [1.82, 2.24) is 0 Å². The molecule has 0 atom stereocenters. The van der Waals surface area contributed by atoms with Gasteiger partial charge in [-0.1, -0.05) is 0 Å². The average Bonchev–Trinajstić information content (AvgIpc) is 1.83. The number of carbonyl (C=O) groups excluding carboxylic acids is 1. The molecule has 0 saturated carbocycles. The van der Waals surface area contributed by atoms with Crippen LogP contribution in [0, 0.1) is 10.1 Å². The molecule has 6 nitrogen and oxygen atoms in total. The van der Waals surface area contributed by atoms with E-state index in [1.165, 1.54) is 0 Å². The van der Waals surface area contributed by atoms with Gasteiger partial charge in [-0.3, -0.25) is 4.79 Å². The van der Waals surface area contributed by atoms with E-state index in [9.17, 15) is 14.9 Å². The van der Waals surface area contributed by atoms with Crippen LogP contribution in [0.4, 0.5) is 0 Å². The Labute approximate surface area is 50.1 Å². The Hall–Kier alpha value is -1.17. The first-order chi connectivity index (χ1) is 4.16. The van der Waals surface area contributed by atoms with Crippen LogP contribution in [0.25, 0.3) is 0 Å². The molecule has 0 radical (unpaired) electrons. The molecule has 0 heterocycles. The first kappa shape index (κ1) is 7.83. The molecule has 0 unspecified atom stereocenters. The van der Waals surface area contributed by atoms with Gasteiger partial charge >= 0.3 is 0 Å². The van der Waals surface area contributed by atoms with Gasteiger partial charge in [0, 0.05) is 0 Å². The largest absolute Gasteiger partial charge is 0.389 e. The number of hydrogen-bond acceptors (Lipinski definition) is 5. The molecule has 0 fully saturated rings. The molecule has 0 aliphatic heterocycles. The molecule has 0 aromatic heterocycles. The Morgan fingerprint density at radius 3 is 2.67 bits per heavy atom. The van der Waals surface area contributed by atoms with E-state index in [-0.39, 0.29) is 0 Å². The molecule has 0 rings (SSSR count). The van der Waals surface area contributed by atoms with Gasteiger partial charge in [-0.15, -0.1) is 10.1 Å². The summed E-state index contributed by atoms with van der Waals surface area (Å²) in [4.78, 5) is 23.0. The van der Waals surface area contributed by atoms with E-state index in [1.807, 2.05) is 0 Å². The van der Waals surface area contributed by atoms with Gasteiger partial charge in [0.15, 0.2) is 12.4 Å². The zero-order valence-corrected chi connectivity index (χ0v) is 4.44.